The summed E-state index contributed by atoms with van der Waals surface area (Å²) in [5.74, 6) is 3.15. The summed E-state index contributed by atoms with van der Waals surface area (Å²) >= 11 is 0. The molecule has 0 aromatic heterocycles. The number of carbonyl (C=O) groups excluding carboxylic acids is 1. The maximum absolute atomic E-state index is 10.7. The van der Waals surface area contributed by atoms with E-state index in [1.165, 1.54) is 32.1 Å². The van der Waals surface area contributed by atoms with Gasteiger partial charge in [-0.2, -0.15) is 0 Å². The predicted molar refractivity (Wildman–Crippen MR) is 61.4 cm³/mol. The van der Waals surface area contributed by atoms with Gasteiger partial charge in [-0.3, -0.25) is 0 Å². The van der Waals surface area contributed by atoms with E-state index >= 15 is 0 Å². The van der Waals surface area contributed by atoms with Crippen LogP contribution >= 0.6 is 0 Å². The van der Waals surface area contributed by atoms with Gasteiger partial charge in [-0.05, 0) is 42.9 Å². The zero-order chi connectivity index (χ0) is 10.8. The van der Waals surface area contributed by atoms with Gasteiger partial charge in [0.1, 0.15) is 6.29 Å². The van der Waals surface area contributed by atoms with E-state index in [-0.39, 0.29) is 6.04 Å². The molecule has 0 bridgehead atoms. The Morgan fingerprint density at radius 1 is 1.33 bits per heavy atom. The first kappa shape index (κ1) is 11.1. The zero-order valence-electron chi connectivity index (χ0n) is 9.69. The van der Waals surface area contributed by atoms with Crippen LogP contribution in [0, 0.1) is 23.7 Å². The molecule has 0 amide bonds. The Labute approximate surface area is 92.6 Å². The summed E-state index contributed by atoms with van der Waals surface area (Å²) in [7, 11) is 0. The van der Waals surface area contributed by atoms with Crippen molar-refractivity contribution in [2.45, 2.75) is 51.5 Å². The Bertz CT molecular complexity index is 225. The van der Waals surface area contributed by atoms with Crippen molar-refractivity contribution in [3.63, 3.8) is 0 Å². The molecule has 2 nitrogen and oxygen atoms in total. The number of carbonyl (C=O) groups is 1. The molecule has 2 saturated carbocycles. The van der Waals surface area contributed by atoms with Gasteiger partial charge in [-0.25, -0.2) is 0 Å². The third-order valence-corrected chi connectivity index (χ3v) is 4.44. The molecule has 2 rings (SSSR count). The molecule has 0 radical (unpaired) electrons. The molecule has 0 saturated heterocycles. The van der Waals surface area contributed by atoms with Crippen LogP contribution in [0.25, 0.3) is 0 Å². The van der Waals surface area contributed by atoms with Crippen molar-refractivity contribution in [1.29, 1.82) is 0 Å². The van der Waals surface area contributed by atoms with E-state index in [1.807, 2.05) is 0 Å². The number of hydrogen-bond acceptors (Lipinski definition) is 2. The summed E-state index contributed by atoms with van der Waals surface area (Å²) in [6.45, 7) is 2.37. The quantitative estimate of drug-likeness (QED) is 0.722. The first-order valence-corrected chi connectivity index (χ1v) is 6.41. The Morgan fingerprint density at radius 2 is 2.07 bits per heavy atom. The van der Waals surface area contributed by atoms with Crippen LogP contribution in [0.5, 0.6) is 0 Å². The molecule has 2 aliphatic carbocycles. The van der Waals surface area contributed by atoms with Crippen molar-refractivity contribution in [3.8, 4) is 0 Å². The maximum atomic E-state index is 10.7. The van der Waals surface area contributed by atoms with E-state index in [0.29, 0.717) is 5.92 Å². The van der Waals surface area contributed by atoms with Gasteiger partial charge in [0.05, 0.1) is 6.04 Å². The summed E-state index contributed by atoms with van der Waals surface area (Å²) in [4.78, 5) is 10.7. The smallest absolute Gasteiger partial charge is 0.136 e. The van der Waals surface area contributed by atoms with Crippen LogP contribution in [0.15, 0.2) is 0 Å². The predicted octanol–water partition coefficient (Wildman–Crippen LogP) is 2.37. The van der Waals surface area contributed by atoms with Crippen molar-refractivity contribution >= 4 is 6.29 Å². The number of rotatable bonds is 4. The van der Waals surface area contributed by atoms with Gasteiger partial charge in [-0.1, -0.05) is 26.2 Å². The summed E-state index contributed by atoms with van der Waals surface area (Å²) < 4.78 is 0. The highest BCUT2D eigenvalue weighted by Crippen LogP contribution is 2.43. The normalized spacial score (nSPS) is 38.7. The zero-order valence-corrected chi connectivity index (χ0v) is 9.69. The fourth-order valence-electron chi connectivity index (χ4n) is 3.02. The van der Waals surface area contributed by atoms with Gasteiger partial charge in [0, 0.05) is 0 Å². The van der Waals surface area contributed by atoms with Crippen molar-refractivity contribution in [3.05, 3.63) is 0 Å². The monoisotopic (exact) mass is 209 g/mol. The Kier molecular flexibility index (Phi) is 3.45. The van der Waals surface area contributed by atoms with Crippen molar-refractivity contribution in [2.24, 2.45) is 29.4 Å². The fraction of sp³-hybridized carbons (Fsp3) is 0.923. The standard InChI is InChI=1S/C13H23NO/c1-9-2-5-11(13(14)8-15)7-12(9)6-10-3-4-10/h8-13H,2-7,14H2,1H3/t9?,11-,12-,13-/m1/s1. The van der Waals surface area contributed by atoms with Crippen LogP contribution in [0.4, 0.5) is 0 Å². The van der Waals surface area contributed by atoms with Crippen molar-refractivity contribution in [1.82, 2.24) is 0 Å². The second kappa shape index (κ2) is 4.65. The van der Waals surface area contributed by atoms with E-state index in [4.69, 9.17) is 5.73 Å². The second-order valence-electron chi connectivity index (χ2n) is 5.70. The highest BCUT2D eigenvalue weighted by atomic mass is 16.1. The van der Waals surface area contributed by atoms with Gasteiger partial charge in [0.25, 0.3) is 0 Å². The lowest BCUT2D eigenvalue weighted by Gasteiger charge is -2.35. The molecule has 2 N–H and O–H groups in total. The molecule has 2 fully saturated rings. The Morgan fingerprint density at radius 3 is 2.67 bits per heavy atom. The van der Waals surface area contributed by atoms with E-state index in [2.05, 4.69) is 6.92 Å². The third kappa shape index (κ3) is 2.81. The van der Waals surface area contributed by atoms with E-state index in [1.54, 1.807) is 0 Å². The topological polar surface area (TPSA) is 43.1 Å². The van der Waals surface area contributed by atoms with E-state index in [9.17, 15) is 4.79 Å². The highest BCUT2D eigenvalue weighted by molar-refractivity contribution is 5.57. The molecule has 0 aromatic carbocycles. The molecule has 0 spiro atoms. The van der Waals surface area contributed by atoms with Crippen LogP contribution in [0.1, 0.15) is 45.4 Å². The lowest BCUT2D eigenvalue weighted by Crippen LogP contribution is -2.37. The minimum atomic E-state index is -0.209. The van der Waals surface area contributed by atoms with E-state index in [0.717, 1.165) is 30.5 Å². The van der Waals surface area contributed by atoms with Gasteiger partial charge in [0.2, 0.25) is 0 Å². The van der Waals surface area contributed by atoms with Crippen molar-refractivity contribution in [2.75, 3.05) is 0 Å². The molecule has 15 heavy (non-hydrogen) atoms. The summed E-state index contributed by atoms with van der Waals surface area (Å²) in [5, 5.41) is 0. The minimum Gasteiger partial charge on any atom is -0.322 e. The van der Waals surface area contributed by atoms with Gasteiger partial charge in [-0.15, -0.1) is 0 Å². The maximum Gasteiger partial charge on any atom is 0.136 e. The molecule has 1 unspecified atom stereocenters. The summed E-state index contributed by atoms with van der Waals surface area (Å²) in [6.07, 6.45) is 8.82. The number of aldehydes is 1. The molecule has 2 heteroatoms. The average Bonchev–Trinajstić information content (AvgIpc) is 3.04. The fourth-order valence-corrected chi connectivity index (χ4v) is 3.02. The Hall–Kier alpha value is -0.370. The summed E-state index contributed by atoms with van der Waals surface area (Å²) in [6, 6.07) is -0.209. The average molecular weight is 209 g/mol. The highest BCUT2D eigenvalue weighted by Gasteiger charge is 2.34. The SMILES string of the molecule is CC1CC[C@@H]([C@H](N)C=O)C[C@H]1CC1CC1. The van der Waals surface area contributed by atoms with Gasteiger partial charge >= 0.3 is 0 Å². The van der Waals surface area contributed by atoms with Gasteiger partial charge in [0.15, 0.2) is 0 Å². The van der Waals surface area contributed by atoms with Crippen molar-refractivity contribution < 1.29 is 4.79 Å². The number of hydrogen-bond donors (Lipinski definition) is 1. The van der Waals surface area contributed by atoms with Crippen LogP contribution in [0.2, 0.25) is 0 Å². The van der Waals surface area contributed by atoms with Crippen LogP contribution in [-0.2, 0) is 4.79 Å². The number of nitrogens with two attached hydrogens (primary N) is 1. The molecule has 0 heterocycles. The molecule has 0 aromatic rings. The molecular weight excluding hydrogens is 186 g/mol. The first-order valence-electron chi connectivity index (χ1n) is 6.41. The van der Waals surface area contributed by atoms with Crippen LogP contribution in [-0.4, -0.2) is 12.3 Å². The van der Waals surface area contributed by atoms with Crippen LogP contribution in [0.3, 0.4) is 0 Å². The van der Waals surface area contributed by atoms with E-state index < -0.39 is 0 Å². The minimum absolute atomic E-state index is 0.209. The lowest BCUT2D eigenvalue weighted by atomic mass is 9.71. The first-order chi connectivity index (χ1) is 7.20. The third-order valence-electron chi connectivity index (χ3n) is 4.44. The van der Waals surface area contributed by atoms with Crippen LogP contribution < -0.4 is 5.73 Å². The van der Waals surface area contributed by atoms with Gasteiger partial charge < -0.3 is 10.5 Å². The lowest BCUT2D eigenvalue weighted by molar-refractivity contribution is -0.110. The molecule has 0 aliphatic heterocycles. The molecular formula is C13H23NO. The summed E-state index contributed by atoms with van der Waals surface area (Å²) in [5.41, 5.74) is 5.83. The second-order valence-corrected chi connectivity index (χ2v) is 5.70. The molecule has 2 aliphatic rings. The largest absolute Gasteiger partial charge is 0.322 e. The molecule has 86 valence electrons. The molecule has 4 atom stereocenters. The Balaban J connectivity index is 1.87.